The number of hydrogen-bond donors (Lipinski definition) is 1. The fourth-order valence-corrected chi connectivity index (χ4v) is 1.90. The molecule has 0 unspecified atom stereocenters. The van der Waals surface area contributed by atoms with Gasteiger partial charge < -0.3 is 14.7 Å². The molecule has 1 fully saturated rings. The highest BCUT2D eigenvalue weighted by Crippen LogP contribution is 2.17. The molecule has 0 bridgehead atoms. The Morgan fingerprint density at radius 1 is 1.56 bits per heavy atom. The molecule has 0 radical (unpaired) electrons. The topological polar surface area (TPSA) is 79.7 Å². The van der Waals surface area contributed by atoms with Crippen LogP contribution in [-0.4, -0.2) is 52.7 Å². The molecule has 0 spiro atoms. The number of morpholine rings is 1. The molecule has 0 aromatic carbocycles. The first-order chi connectivity index (χ1) is 8.59. The summed E-state index contributed by atoms with van der Waals surface area (Å²) in [5.41, 5.74) is 0.317. The third-order valence-corrected chi connectivity index (χ3v) is 2.93. The number of nitrogens with zero attached hydrogens (tertiary/aromatic N) is 2. The summed E-state index contributed by atoms with van der Waals surface area (Å²) in [6, 6.07) is 1.51. The third kappa shape index (κ3) is 2.60. The van der Waals surface area contributed by atoms with E-state index in [2.05, 4.69) is 4.98 Å². The van der Waals surface area contributed by atoms with Crippen molar-refractivity contribution in [1.29, 1.82) is 0 Å². The predicted molar refractivity (Wildman–Crippen MR) is 62.5 cm³/mol. The molecule has 18 heavy (non-hydrogen) atoms. The van der Waals surface area contributed by atoms with Crippen molar-refractivity contribution in [3.63, 3.8) is 0 Å². The van der Waals surface area contributed by atoms with Crippen LogP contribution in [0.4, 0.5) is 0 Å². The lowest BCUT2D eigenvalue weighted by atomic mass is 10.2. The average molecular weight is 271 g/mol. The van der Waals surface area contributed by atoms with Crippen LogP contribution < -0.4 is 0 Å². The molecule has 2 heterocycles. The van der Waals surface area contributed by atoms with Crippen LogP contribution in [0.1, 0.15) is 10.4 Å². The molecule has 0 aliphatic carbocycles. The number of carbonyl (C=O) groups excluding carboxylic acids is 1. The van der Waals surface area contributed by atoms with Crippen molar-refractivity contribution in [2.24, 2.45) is 0 Å². The van der Waals surface area contributed by atoms with Gasteiger partial charge in [0, 0.05) is 18.9 Å². The summed E-state index contributed by atoms with van der Waals surface area (Å²) in [5, 5.41) is 9.11. The highest BCUT2D eigenvalue weighted by atomic mass is 35.5. The lowest BCUT2D eigenvalue weighted by Gasteiger charge is -2.31. The Morgan fingerprint density at radius 3 is 3.00 bits per heavy atom. The van der Waals surface area contributed by atoms with Crippen molar-refractivity contribution in [2.45, 2.75) is 6.10 Å². The Kier molecular flexibility index (Phi) is 3.78. The van der Waals surface area contributed by atoms with Gasteiger partial charge in [-0.25, -0.2) is 4.79 Å². The summed E-state index contributed by atoms with van der Waals surface area (Å²) in [6.07, 6.45) is 1.86. The Hall–Kier alpha value is -1.66. The number of ether oxygens (including phenoxy) is 1. The van der Waals surface area contributed by atoms with Crippen molar-refractivity contribution in [2.75, 3.05) is 19.7 Å². The van der Waals surface area contributed by atoms with E-state index in [1.807, 2.05) is 0 Å². The minimum absolute atomic E-state index is 0.0207. The highest BCUT2D eigenvalue weighted by molar-refractivity contribution is 6.33. The zero-order valence-corrected chi connectivity index (χ0v) is 10.1. The van der Waals surface area contributed by atoms with Crippen LogP contribution in [0.3, 0.4) is 0 Å². The second-order valence-electron chi connectivity index (χ2n) is 3.80. The van der Waals surface area contributed by atoms with Gasteiger partial charge in [0.2, 0.25) is 0 Å². The van der Waals surface area contributed by atoms with E-state index >= 15 is 0 Å². The molecule has 1 saturated heterocycles. The van der Waals surface area contributed by atoms with Crippen LogP contribution in [0.2, 0.25) is 5.02 Å². The SMILES string of the molecule is O=C(O)[C@H]1CN(C(=O)c2ccncc2Cl)CCO1. The number of carboxylic acid groups (broad SMARTS) is 1. The largest absolute Gasteiger partial charge is 0.479 e. The summed E-state index contributed by atoms with van der Waals surface area (Å²) in [7, 11) is 0. The molecule has 96 valence electrons. The molecule has 1 amide bonds. The van der Waals surface area contributed by atoms with Crippen LogP contribution in [0, 0.1) is 0 Å². The molecule has 1 aliphatic heterocycles. The maximum absolute atomic E-state index is 12.2. The number of halogens is 1. The van der Waals surface area contributed by atoms with E-state index in [0.717, 1.165) is 0 Å². The Labute approximate surface area is 108 Å². The van der Waals surface area contributed by atoms with Crippen molar-refractivity contribution < 1.29 is 19.4 Å². The smallest absolute Gasteiger partial charge is 0.334 e. The normalized spacial score (nSPS) is 19.6. The number of aromatic nitrogens is 1. The molecule has 1 aromatic heterocycles. The number of aliphatic carboxylic acids is 1. The molecular weight excluding hydrogens is 260 g/mol. The molecule has 1 atom stereocenters. The van der Waals surface area contributed by atoms with Gasteiger partial charge in [0.15, 0.2) is 6.10 Å². The first-order valence-electron chi connectivity index (χ1n) is 5.33. The maximum atomic E-state index is 12.2. The second-order valence-corrected chi connectivity index (χ2v) is 4.21. The van der Waals surface area contributed by atoms with E-state index in [4.69, 9.17) is 21.4 Å². The predicted octanol–water partition coefficient (Wildman–Crippen LogP) is 0.661. The van der Waals surface area contributed by atoms with Gasteiger partial charge in [-0.3, -0.25) is 9.78 Å². The monoisotopic (exact) mass is 270 g/mol. The number of pyridine rings is 1. The fourth-order valence-electron chi connectivity index (χ4n) is 1.70. The van der Waals surface area contributed by atoms with Gasteiger partial charge in [-0.2, -0.15) is 0 Å². The zero-order chi connectivity index (χ0) is 13.1. The van der Waals surface area contributed by atoms with Crippen LogP contribution in [-0.2, 0) is 9.53 Å². The number of amides is 1. The molecular formula is C11H11ClN2O4. The summed E-state index contributed by atoms with van der Waals surface area (Å²) >= 11 is 5.88. The summed E-state index contributed by atoms with van der Waals surface area (Å²) in [4.78, 5) is 28.2. The maximum Gasteiger partial charge on any atom is 0.334 e. The number of carbonyl (C=O) groups is 2. The average Bonchev–Trinajstić information content (AvgIpc) is 2.38. The zero-order valence-electron chi connectivity index (χ0n) is 9.38. The fraction of sp³-hybridized carbons (Fsp3) is 0.364. The van der Waals surface area contributed by atoms with Crippen molar-refractivity contribution >= 4 is 23.5 Å². The number of hydrogen-bond acceptors (Lipinski definition) is 4. The lowest BCUT2D eigenvalue weighted by molar-refractivity contribution is -0.154. The first kappa shape index (κ1) is 12.8. The van der Waals surface area contributed by atoms with Crippen molar-refractivity contribution in [3.05, 3.63) is 29.0 Å². The molecule has 6 nitrogen and oxygen atoms in total. The van der Waals surface area contributed by atoms with Crippen LogP contribution >= 0.6 is 11.6 Å². The van der Waals surface area contributed by atoms with Gasteiger partial charge in [0.1, 0.15) is 0 Å². The molecule has 1 aliphatic rings. The number of rotatable bonds is 2. The third-order valence-electron chi connectivity index (χ3n) is 2.63. The minimum Gasteiger partial charge on any atom is -0.479 e. The molecule has 7 heteroatoms. The first-order valence-corrected chi connectivity index (χ1v) is 5.70. The Morgan fingerprint density at radius 2 is 2.33 bits per heavy atom. The van der Waals surface area contributed by atoms with Gasteiger partial charge in [-0.1, -0.05) is 11.6 Å². The van der Waals surface area contributed by atoms with Crippen LogP contribution in [0.25, 0.3) is 0 Å². The van der Waals surface area contributed by atoms with Crippen molar-refractivity contribution in [1.82, 2.24) is 9.88 Å². The highest BCUT2D eigenvalue weighted by Gasteiger charge is 2.30. The van der Waals surface area contributed by atoms with Crippen molar-refractivity contribution in [3.8, 4) is 0 Å². The van der Waals surface area contributed by atoms with Crippen LogP contribution in [0.5, 0.6) is 0 Å². The number of carboxylic acids is 1. The second kappa shape index (κ2) is 5.32. The summed E-state index contributed by atoms with van der Waals surface area (Å²) in [5.74, 6) is -1.38. The van der Waals surface area contributed by atoms with Gasteiger partial charge in [0.25, 0.3) is 5.91 Å². The van der Waals surface area contributed by atoms with Gasteiger partial charge >= 0.3 is 5.97 Å². The van der Waals surface area contributed by atoms with Gasteiger partial charge in [-0.05, 0) is 6.07 Å². The Bertz CT molecular complexity index is 480. The lowest BCUT2D eigenvalue weighted by Crippen LogP contribution is -2.48. The van der Waals surface area contributed by atoms with E-state index in [1.54, 1.807) is 0 Å². The summed E-state index contributed by atoms with van der Waals surface area (Å²) < 4.78 is 5.05. The van der Waals surface area contributed by atoms with E-state index in [-0.39, 0.29) is 24.1 Å². The van der Waals surface area contributed by atoms with Crippen LogP contribution in [0.15, 0.2) is 18.5 Å². The molecule has 1 N–H and O–H groups in total. The molecule has 2 rings (SSSR count). The summed E-state index contributed by atoms with van der Waals surface area (Å²) in [6.45, 7) is 0.569. The van der Waals surface area contributed by atoms with E-state index in [0.29, 0.717) is 12.1 Å². The minimum atomic E-state index is -1.08. The van der Waals surface area contributed by atoms with Gasteiger partial charge in [0.05, 0.1) is 23.7 Å². The van der Waals surface area contributed by atoms with E-state index < -0.39 is 12.1 Å². The molecule has 0 saturated carbocycles. The van der Waals surface area contributed by atoms with Gasteiger partial charge in [-0.15, -0.1) is 0 Å². The standard InChI is InChI=1S/C11H11ClN2O4/c12-8-5-13-2-1-7(8)10(15)14-3-4-18-9(6-14)11(16)17/h1-2,5,9H,3-4,6H2,(H,16,17)/t9-/m1/s1. The van der Waals surface area contributed by atoms with E-state index in [9.17, 15) is 9.59 Å². The Balaban J connectivity index is 2.14. The van der Waals surface area contributed by atoms with E-state index in [1.165, 1.54) is 23.4 Å². The molecule has 1 aromatic rings. The quantitative estimate of drug-likeness (QED) is 0.854.